The molecule has 1 saturated heterocycles. The molecular weight excluding hydrogens is 264 g/mol. The van der Waals surface area contributed by atoms with Crippen molar-refractivity contribution in [3.05, 3.63) is 29.7 Å². The van der Waals surface area contributed by atoms with Crippen LogP contribution in [0, 0.1) is 0 Å². The van der Waals surface area contributed by atoms with E-state index in [4.69, 9.17) is 0 Å². The van der Waals surface area contributed by atoms with Gasteiger partial charge in [-0.25, -0.2) is 4.79 Å². The van der Waals surface area contributed by atoms with Gasteiger partial charge in [-0.3, -0.25) is 19.3 Å². The topological polar surface area (TPSA) is 114 Å². The van der Waals surface area contributed by atoms with E-state index in [-0.39, 0.29) is 18.0 Å². The van der Waals surface area contributed by atoms with Crippen molar-refractivity contribution in [2.45, 2.75) is 18.8 Å². The molecule has 1 aliphatic heterocycles. The van der Waals surface area contributed by atoms with Gasteiger partial charge in [0, 0.05) is 6.42 Å². The smallest absolute Gasteiger partial charge is 0.352 e. The van der Waals surface area contributed by atoms with Gasteiger partial charge in [-0.1, -0.05) is 0 Å². The summed E-state index contributed by atoms with van der Waals surface area (Å²) in [6.07, 6.45) is 1.89. The lowest BCUT2D eigenvalue weighted by molar-refractivity contribution is -0.134. The Balaban J connectivity index is 2.10. The third-order valence-electron chi connectivity index (χ3n) is 3.29. The van der Waals surface area contributed by atoms with Crippen molar-refractivity contribution >= 4 is 23.4 Å². The van der Waals surface area contributed by atoms with Crippen LogP contribution in [0.2, 0.25) is 0 Å². The maximum Gasteiger partial charge on any atom is 0.352 e. The van der Waals surface area contributed by atoms with E-state index in [1.165, 1.54) is 16.8 Å². The Morgan fingerprint density at radius 3 is 2.90 bits per heavy atom. The summed E-state index contributed by atoms with van der Waals surface area (Å²) in [4.78, 5) is 34.2. The summed E-state index contributed by atoms with van der Waals surface area (Å²) in [6.45, 7) is 0. The Morgan fingerprint density at radius 2 is 2.20 bits per heavy atom. The van der Waals surface area contributed by atoms with Crippen LogP contribution in [0.1, 0.15) is 34.8 Å². The summed E-state index contributed by atoms with van der Waals surface area (Å²) in [6, 6.07) is 3.03. The van der Waals surface area contributed by atoms with Crippen molar-refractivity contribution in [2.24, 2.45) is 0 Å². The minimum absolute atomic E-state index is 0.0211. The second kappa shape index (κ2) is 4.41. The van der Waals surface area contributed by atoms with Gasteiger partial charge in [0.2, 0.25) is 11.8 Å². The number of carboxylic acids is 1. The lowest BCUT2D eigenvalue weighted by Crippen LogP contribution is -2.39. The summed E-state index contributed by atoms with van der Waals surface area (Å²) in [5.41, 5.74) is 0.852. The number of nitrogens with one attached hydrogen (secondary N) is 1. The highest BCUT2D eigenvalue weighted by atomic mass is 16.4. The molecule has 1 atom stereocenters. The molecule has 0 aliphatic carbocycles. The lowest BCUT2D eigenvalue weighted by Gasteiger charge is -2.21. The molecule has 0 bridgehead atoms. The zero-order chi connectivity index (χ0) is 14.3. The molecule has 0 radical (unpaired) electrons. The van der Waals surface area contributed by atoms with E-state index in [9.17, 15) is 19.5 Å². The quantitative estimate of drug-likeness (QED) is 0.742. The number of carbonyl (C=O) groups is 3. The van der Waals surface area contributed by atoms with E-state index < -0.39 is 17.8 Å². The standard InChI is InChI=1S/C12H10N4O4/c17-10-2-1-7(11(18)14-10)6-3-8(12(19)20)16-5-13-15-9(16)4-6/h3-5,7H,1-2H2,(H,19,20)(H,14,17,18). The first-order valence-electron chi connectivity index (χ1n) is 5.97. The molecule has 0 saturated carbocycles. The molecule has 2 N–H and O–H groups in total. The predicted octanol–water partition coefficient (Wildman–Crippen LogP) is -0.0523. The Hall–Kier alpha value is -2.77. The fourth-order valence-electron chi connectivity index (χ4n) is 2.32. The molecular formula is C12H10N4O4. The highest BCUT2D eigenvalue weighted by molar-refractivity contribution is 6.01. The molecule has 8 nitrogen and oxygen atoms in total. The number of aromatic nitrogens is 3. The van der Waals surface area contributed by atoms with Crippen LogP contribution in [0.15, 0.2) is 18.5 Å². The van der Waals surface area contributed by atoms with Crippen LogP contribution in [0.5, 0.6) is 0 Å². The molecule has 2 amide bonds. The fraction of sp³-hybridized carbons (Fsp3) is 0.250. The molecule has 1 unspecified atom stereocenters. The van der Waals surface area contributed by atoms with Crippen LogP contribution < -0.4 is 5.32 Å². The number of rotatable bonds is 2. The molecule has 3 rings (SSSR count). The first-order valence-corrected chi connectivity index (χ1v) is 5.97. The van der Waals surface area contributed by atoms with Gasteiger partial charge < -0.3 is 5.11 Å². The van der Waals surface area contributed by atoms with Crippen LogP contribution in [0.25, 0.3) is 5.65 Å². The van der Waals surface area contributed by atoms with Crippen molar-refractivity contribution in [3.63, 3.8) is 0 Å². The number of hydrogen-bond acceptors (Lipinski definition) is 5. The van der Waals surface area contributed by atoms with Gasteiger partial charge in [-0.2, -0.15) is 0 Å². The third kappa shape index (κ3) is 1.91. The molecule has 3 heterocycles. The van der Waals surface area contributed by atoms with Gasteiger partial charge in [0.15, 0.2) is 5.65 Å². The largest absolute Gasteiger partial charge is 0.477 e. The maximum absolute atomic E-state index is 11.8. The average Bonchev–Trinajstić information content (AvgIpc) is 2.85. The molecule has 0 spiro atoms. The number of imide groups is 1. The van der Waals surface area contributed by atoms with Crippen molar-refractivity contribution in [1.29, 1.82) is 0 Å². The highest BCUT2D eigenvalue weighted by Crippen LogP contribution is 2.26. The van der Waals surface area contributed by atoms with Crippen LogP contribution in [-0.4, -0.2) is 37.5 Å². The number of carbonyl (C=O) groups excluding carboxylic acids is 2. The third-order valence-corrected chi connectivity index (χ3v) is 3.29. The monoisotopic (exact) mass is 274 g/mol. The van der Waals surface area contributed by atoms with Crippen LogP contribution in [-0.2, 0) is 9.59 Å². The Kier molecular flexibility index (Phi) is 2.70. The molecule has 8 heteroatoms. The summed E-state index contributed by atoms with van der Waals surface area (Å²) < 4.78 is 1.33. The summed E-state index contributed by atoms with van der Waals surface area (Å²) >= 11 is 0. The highest BCUT2D eigenvalue weighted by Gasteiger charge is 2.29. The molecule has 0 aromatic carbocycles. The van der Waals surface area contributed by atoms with Gasteiger partial charge in [0.1, 0.15) is 12.0 Å². The van der Waals surface area contributed by atoms with Crippen molar-refractivity contribution in [1.82, 2.24) is 19.9 Å². The van der Waals surface area contributed by atoms with E-state index in [0.29, 0.717) is 17.6 Å². The van der Waals surface area contributed by atoms with Gasteiger partial charge in [0.05, 0.1) is 5.92 Å². The number of pyridine rings is 1. The van der Waals surface area contributed by atoms with Gasteiger partial charge in [0.25, 0.3) is 0 Å². The Morgan fingerprint density at radius 1 is 1.40 bits per heavy atom. The molecule has 20 heavy (non-hydrogen) atoms. The molecule has 2 aromatic heterocycles. The van der Waals surface area contributed by atoms with Gasteiger partial charge >= 0.3 is 5.97 Å². The summed E-state index contributed by atoms with van der Waals surface area (Å²) in [5, 5.41) is 18.9. The fourth-order valence-corrected chi connectivity index (χ4v) is 2.32. The number of amides is 2. The number of nitrogens with zero attached hydrogens (tertiary/aromatic N) is 3. The maximum atomic E-state index is 11.8. The Labute approximate surface area is 112 Å². The number of piperidine rings is 1. The zero-order valence-electron chi connectivity index (χ0n) is 10.2. The molecule has 1 fully saturated rings. The van der Waals surface area contributed by atoms with E-state index in [1.54, 1.807) is 6.07 Å². The second-order valence-corrected chi connectivity index (χ2v) is 4.54. The van der Waals surface area contributed by atoms with Gasteiger partial charge in [-0.15, -0.1) is 10.2 Å². The first kappa shape index (κ1) is 12.3. The first-order chi connectivity index (χ1) is 9.56. The molecule has 102 valence electrons. The van der Waals surface area contributed by atoms with Crippen LogP contribution >= 0.6 is 0 Å². The Bertz CT molecular complexity index is 736. The van der Waals surface area contributed by atoms with Crippen LogP contribution in [0.4, 0.5) is 0 Å². The van der Waals surface area contributed by atoms with Gasteiger partial charge in [-0.05, 0) is 24.1 Å². The lowest BCUT2D eigenvalue weighted by atomic mass is 9.90. The minimum Gasteiger partial charge on any atom is -0.477 e. The summed E-state index contributed by atoms with van der Waals surface area (Å²) in [7, 11) is 0. The number of carboxylic acid groups (broad SMARTS) is 1. The average molecular weight is 274 g/mol. The second-order valence-electron chi connectivity index (χ2n) is 4.54. The van der Waals surface area contributed by atoms with Crippen molar-refractivity contribution < 1.29 is 19.5 Å². The number of hydrogen-bond donors (Lipinski definition) is 2. The molecule has 2 aromatic rings. The van der Waals surface area contributed by atoms with E-state index in [0.717, 1.165) is 0 Å². The predicted molar refractivity (Wildman–Crippen MR) is 65.1 cm³/mol. The molecule has 1 aliphatic rings. The summed E-state index contributed by atoms with van der Waals surface area (Å²) in [5.74, 6) is -2.41. The normalized spacial score (nSPS) is 19.1. The van der Waals surface area contributed by atoms with Crippen molar-refractivity contribution in [3.8, 4) is 0 Å². The van der Waals surface area contributed by atoms with E-state index in [2.05, 4.69) is 15.5 Å². The minimum atomic E-state index is -1.14. The van der Waals surface area contributed by atoms with E-state index >= 15 is 0 Å². The van der Waals surface area contributed by atoms with E-state index in [1.807, 2.05) is 0 Å². The van der Waals surface area contributed by atoms with Crippen LogP contribution in [0.3, 0.4) is 0 Å². The number of fused-ring (bicyclic) bond motifs is 1. The number of aromatic carboxylic acids is 1. The SMILES string of the molecule is O=C1CCC(c2cc(C(=O)O)n3cnnc3c2)C(=O)N1. The zero-order valence-corrected chi connectivity index (χ0v) is 10.2. The van der Waals surface area contributed by atoms with Crippen molar-refractivity contribution in [2.75, 3.05) is 0 Å².